The van der Waals surface area contributed by atoms with E-state index >= 15 is 0 Å². The van der Waals surface area contributed by atoms with Gasteiger partial charge in [-0.05, 0) is 155 Å². The molecule has 2 aromatic carbocycles. The number of nitrogens with zero attached hydrogens (tertiary/aromatic N) is 6. The van der Waals surface area contributed by atoms with E-state index in [1.54, 1.807) is 0 Å². The summed E-state index contributed by atoms with van der Waals surface area (Å²) in [5.41, 5.74) is 15.0. The fourth-order valence-corrected chi connectivity index (χ4v) is 9.30. The van der Waals surface area contributed by atoms with Crippen LogP contribution in [0.3, 0.4) is 0 Å². The summed E-state index contributed by atoms with van der Waals surface area (Å²) in [6.07, 6.45) is 14.5. The Kier molecular flexibility index (Phi) is 15.7. The Hall–Kier alpha value is -5.44. The highest BCUT2D eigenvalue weighted by atomic mass is 16.2. The number of aryl methyl sites for hydroxylation is 4. The van der Waals surface area contributed by atoms with E-state index in [0.29, 0.717) is 24.9 Å². The summed E-state index contributed by atoms with van der Waals surface area (Å²) in [7, 11) is 0. The molecule has 12 heteroatoms. The number of aromatic nitrogens is 4. The number of carbonyl (C=O) groups is 2. The largest absolute Gasteiger partial charge is 0.373 e. The first kappa shape index (κ1) is 43.7. The maximum atomic E-state index is 12.9. The van der Waals surface area contributed by atoms with Gasteiger partial charge in [-0.2, -0.15) is 29.4 Å². The maximum absolute atomic E-state index is 12.9. The zero-order valence-electron chi connectivity index (χ0n) is 34.8. The first-order valence-electron chi connectivity index (χ1n) is 20.8. The third-order valence-electron chi connectivity index (χ3n) is 12.8. The molecule has 2 amide bonds. The molecule has 4 heterocycles. The molecule has 0 unspecified atom stereocenters. The molecule has 58 heavy (non-hydrogen) atoms. The highest BCUT2D eigenvalue weighted by Gasteiger charge is 2.29. The number of fused-ring (bicyclic) bond motifs is 2. The minimum atomic E-state index is 0.220. The van der Waals surface area contributed by atoms with Crippen LogP contribution in [0.1, 0.15) is 119 Å². The predicted molar refractivity (Wildman–Crippen MR) is 217 cm³/mol. The maximum Gasteiger partial charge on any atom is 0.373 e. The average Bonchev–Trinajstić information content (AvgIpc) is 4.04. The Labute approximate surface area is 342 Å². The van der Waals surface area contributed by atoms with Crippen LogP contribution in [0.25, 0.3) is 0 Å². The normalized spacial score (nSPS) is 16.0. The molecule has 0 radical (unpaired) electrons. The SMILES string of the molecule is CCc1nn(CC(=O)N2CCC(c3cccc(C)c3C)CC2)c2c1CCC2.Cc1cccc(C2CCN(C(=O)Cn3ncc4c3CCC4)CC2)c1C.O=C=O.O=C=O. The van der Waals surface area contributed by atoms with Gasteiger partial charge in [0.1, 0.15) is 13.1 Å². The molecule has 0 bridgehead atoms. The molecule has 2 aromatic heterocycles. The van der Waals surface area contributed by atoms with Gasteiger partial charge in [-0.1, -0.05) is 43.3 Å². The minimum absolute atomic E-state index is 0.220. The highest BCUT2D eigenvalue weighted by Crippen LogP contribution is 2.33. The van der Waals surface area contributed by atoms with E-state index in [0.717, 1.165) is 84.0 Å². The van der Waals surface area contributed by atoms with Gasteiger partial charge in [0, 0.05) is 37.6 Å². The number of benzene rings is 2. The first-order valence-corrected chi connectivity index (χ1v) is 20.8. The molecule has 8 rings (SSSR count). The second-order valence-corrected chi connectivity index (χ2v) is 15.9. The van der Waals surface area contributed by atoms with Crippen LogP contribution in [0, 0.1) is 27.7 Å². The van der Waals surface area contributed by atoms with Gasteiger partial charge in [-0.15, -0.1) is 0 Å². The lowest BCUT2D eigenvalue weighted by atomic mass is 9.85. The molecule has 0 saturated carbocycles. The lowest BCUT2D eigenvalue weighted by Gasteiger charge is -2.33. The van der Waals surface area contributed by atoms with E-state index in [1.807, 2.05) is 20.5 Å². The van der Waals surface area contributed by atoms with Crippen molar-refractivity contribution in [3.63, 3.8) is 0 Å². The van der Waals surface area contributed by atoms with Crippen LogP contribution >= 0.6 is 0 Å². The van der Waals surface area contributed by atoms with Gasteiger partial charge in [0.15, 0.2) is 0 Å². The van der Waals surface area contributed by atoms with Crippen molar-refractivity contribution in [1.82, 2.24) is 29.4 Å². The van der Waals surface area contributed by atoms with Crippen LogP contribution in [0.2, 0.25) is 0 Å². The van der Waals surface area contributed by atoms with Gasteiger partial charge in [-0.3, -0.25) is 19.0 Å². The zero-order valence-corrected chi connectivity index (χ0v) is 34.8. The molecule has 0 atom stereocenters. The van der Waals surface area contributed by atoms with Crippen LogP contribution in [-0.2, 0) is 74.0 Å². The van der Waals surface area contributed by atoms with E-state index < -0.39 is 0 Å². The lowest BCUT2D eigenvalue weighted by Crippen LogP contribution is -2.40. The topological polar surface area (TPSA) is 145 Å². The van der Waals surface area contributed by atoms with Crippen molar-refractivity contribution in [1.29, 1.82) is 0 Å². The standard InChI is InChI=1S/C23H31N3O.C21H27N3O.2CO2/c1-4-21-20-9-6-10-22(20)26(24-21)15-23(27)25-13-11-18(12-14-25)19-8-5-7-16(2)17(19)3;1-15-5-3-7-19(16(15)2)17-9-11-23(12-10-17)21(25)14-24-20-8-4-6-18(20)13-22-24;2*2-1-3/h5,7-8,18H,4,6,9-15H2,1-3H3;3,5,7,13,17H,4,6,8-12,14H2,1-2H3;;. The highest BCUT2D eigenvalue weighted by molar-refractivity contribution is 5.76. The number of carbonyl (C=O) groups excluding carboxylic acids is 6. The third kappa shape index (κ3) is 10.3. The van der Waals surface area contributed by atoms with Gasteiger partial charge in [0.05, 0.1) is 11.9 Å². The Bertz CT molecular complexity index is 2090. The van der Waals surface area contributed by atoms with E-state index in [4.69, 9.17) is 24.3 Å². The number of amides is 2. The Morgan fingerprint density at radius 1 is 0.655 bits per heavy atom. The summed E-state index contributed by atoms with van der Waals surface area (Å²) in [6, 6.07) is 13.2. The van der Waals surface area contributed by atoms with Gasteiger partial charge >= 0.3 is 12.3 Å². The Balaban J connectivity index is 0.000000195. The molecule has 0 spiro atoms. The molecule has 2 aliphatic carbocycles. The van der Waals surface area contributed by atoms with Crippen molar-refractivity contribution in [2.24, 2.45) is 0 Å². The van der Waals surface area contributed by atoms with Crippen molar-refractivity contribution < 1.29 is 28.8 Å². The van der Waals surface area contributed by atoms with Crippen molar-refractivity contribution in [3.05, 3.63) is 104 Å². The van der Waals surface area contributed by atoms with Gasteiger partial charge in [0.25, 0.3) is 0 Å². The van der Waals surface area contributed by atoms with Gasteiger partial charge < -0.3 is 9.80 Å². The number of rotatable bonds is 7. The van der Waals surface area contributed by atoms with Crippen LogP contribution in [-0.4, -0.2) is 79.7 Å². The summed E-state index contributed by atoms with van der Waals surface area (Å²) in [6.45, 7) is 15.2. The van der Waals surface area contributed by atoms with Crippen LogP contribution in [0.15, 0.2) is 42.6 Å². The summed E-state index contributed by atoms with van der Waals surface area (Å²) < 4.78 is 3.93. The van der Waals surface area contributed by atoms with E-state index in [-0.39, 0.29) is 24.1 Å². The summed E-state index contributed by atoms with van der Waals surface area (Å²) in [5, 5.41) is 9.16. The van der Waals surface area contributed by atoms with E-state index in [9.17, 15) is 9.59 Å². The second-order valence-electron chi connectivity index (χ2n) is 15.9. The molecule has 2 fully saturated rings. The number of hydrogen-bond donors (Lipinski definition) is 0. The van der Waals surface area contributed by atoms with Crippen LogP contribution in [0.4, 0.5) is 0 Å². The quantitative estimate of drug-likeness (QED) is 0.216. The number of likely N-dealkylation sites (tertiary alicyclic amines) is 2. The van der Waals surface area contributed by atoms with E-state index in [2.05, 4.69) is 81.0 Å². The molecular formula is C46H58N6O6. The fourth-order valence-electron chi connectivity index (χ4n) is 9.30. The molecule has 2 saturated heterocycles. The Morgan fingerprint density at radius 2 is 1.12 bits per heavy atom. The molecule has 12 nitrogen and oxygen atoms in total. The predicted octanol–water partition coefficient (Wildman–Crippen LogP) is 6.19. The second kappa shape index (κ2) is 20.8. The zero-order chi connectivity index (χ0) is 41.8. The monoisotopic (exact) mass is 790 g/mol. The first-order chi connectivity index (χ1) is 28.0. The molecule has 2 aliphatic heterocycles. The van der Waals surface area contributed by atoms with Crippen molar-refractivity contribution >= 4 is 24.1 Å². The summed E-state index contributed by atoms with van der Waals surface area (Å²) >= 11 is 0. The Morgan fingerprint density at radius 3 is 1.62 bits per heavy atom. The lowest BCUT2D eigenvalue weighted by molar-refractivity contribution is -0.193. The van der Waals surface area contributed by atoms with Crippen LogP contribution < -0.4 is 0 Å². The minimum Gasteiger partial charge on any atom is -0.341 e. The molecule has 4 aromatic rings. The molecule has 0 N–H and O–H groups in total. The van der Waals surface area contributed by atoms with E-state index in [1.165, 1.54) is 74.4 Å². The van der Waals surface area contributed by atoms with Crippen molar-refractivity contribution in [2.75, 3.05) is 26.2 Å². The number of hydrogen-bond acceptors (Lipinski definition) is 8. The third-order valence-corrected chi connectivity index (χ3v) is 12.8. The molecular weight excluding hydrogens is 733 g/mol. The summed E-state index contributed by atoms with van der Waals surface area (Å²) in [5.74, 6) is 1.61. The average molecular weight is 791 g/mol. The fraction of sp³-hybridized carbons (Fsp3) is 0.522. The smallest absolute Gasteiger partial charge is 0.341 e. The van der Waals surface area contributed by atoms with Crippen LogP contribution in [0.5, 0.6) is 0 Å². The summed E-state index contributed by atoms with van der Waals surface area (Å²) in [4.78, 5) is 62.2. The number of piperidine rings is 2. The molecule has 308 valence electrons. The molecule has 4 aliphatic rings. The van der Waals surface area contributed by atoms with Gasteiger partial charge in [-0.25, -0.2) is 0 Å². The van der Waals surface area contributed by atoms with Crippen molar-refractivity contribution in [2.45, 2.75) is 130 Å². The van der Waals surface area contributed by atoms with Crippen molar-refractivity contribution in [3.8, 4) is 0 Å². The van der Waals surface area contributed by atoms with Gasteiger partial charge in [0.2, 0.25) is 11.8 Å².